The van der Waals surface area contributed by atoms with Gasteiger partial charge in [0.05, 0.1) is 6.61 Å². The monoisotopic (exact) mass is 795 g/mol. The van der Waals surface area contributed by atoms with Gasteiger partial charge in [0.1, 0.15) is 6.61 Å². The lowest BCUT2D eigenvalue weighted by molar-refractivity contribution is -0.161. The molecule has 5 nitrogen and oxygen atoms in total. The summed E-state index contributed by atoms with van der Waals surface area (Å²) in [5.74, 6) is -0.592. The Balaban J connectivity index is 3.45. The lowest BCUT2D eigenvalue weighted by Gasteiger charge is -2.15. The molecule has 0 radical (unpaired) electrons. The van der Waals surface area contributed by atoms with Crippen LogP contribution in [0.5, 0.6) is 0 Å². The molecular weight excluding hydrogens is 705 g/mol. The third-order valence-electron chi connectivity index (χ3n) is 10.3. The first-order valence-corrected chi connectivity index (χ1v) is 24.0. The molecule has 1 unspecified atom stereocenters. The van der Waals surface area contributed by atoms with Crippen LogP contribution in [0.15, 0.2) is 72.9 Å². The average molecular weight is 795 g/mol. The number of esters is 2. The van der Waals surface area contributed by atoms with Crippen molar-refractivity contribution in [3.05, 3.63) is 72.9 Å². The van der Waals surface area contributed by atoms with Crippen LogP contribution in [0.1, 0.15) is 226 Å². The van der Waals surface area contributed by atoms with E-state index in [4.69, 9.17) is 9.47 Å². The van der Waals surface area contributed by atoms with Gasteiger partial charge in [-0.2, -0.15) is 0 Å². The molecule has 57 heavy (non-hydrogen) atoms. The van der Waals surface area contributed by atoms with Crippen molar-refractivity contribution in [2.45, 2.75) is 232 Å². The summed E-state index contributed by atoms with van der Waals surface area (Å²) in [7, 11) is 0. The van der Waals surface area contributed by atoms with Crippen LogP contribution in [0.2, 0.25) is 0 Å². The topological polar surface area (TPSA) is 72.8 Å². The van der Waals surface area contributed by atoms with Gasteiger partial charge in [0.25, 0.3) is 0 Å². The van der Waals surface area contributed by atoms with Crippen LogP contribution in [0.25, 0.3) is 0 Å². The zero-order chi connectivity index (χ0) is 41.4. The molecule has 328 valence electrons. The zero-order valence-electron chi connectivity index (χ0n) is 37.3. The smallest absolute Gasteiger partial charge is 0.306 e. The highest BCUT2D eigenvalue weighted by atomic mass is 16.6. The predicted molar refractivity (Wildman–Crippen MR) is 246 cm³/mol. The van der Waals surface area contributed by atoms with Crippen LogP contribution < -0.4 is 0 Å². The van der Waals surface area contributed by atoms with Crippen molar-refractivity contribution in [3.63, 3.8) is 0 Å². The molecule has 0 rings (SSSR count). The first-order valence-electron chi connectivity index (χ1n) is 24.0. The molecule has 0 aliphatic carbocycles. The van der Waals surface area contributed by atoms with Crippen molar-refractivity contribution in [1.29, 1.82) is 0 Å². The fourth-order valence-corrected chi connectivity index (χ4v) is 6.68. The Kier molecular flexibility index (Phi) is 45.5. The quantitative estimate of drug-likeness (QED) is 0.0378. The number of aliphatic hydroxyl groups is 1. The lowest BCUT2D eigenvalue weighted by Crippen LogP contribution is -2.28. The fraction of sp³-hybridized carbons (Fsp3) is 0.731. The van der Waals surface area contributed by atoms with E-state index < -0.39 is 6.10 Å². The van der Waals surface area contributed by atoms with Crippen molar-refractivity contribution in [1.82, 2.24) is 0 Å². The lowest BCUT2D eigenvalue weighted by atomic mass is 10.0. The molecule has 0 aliphatic rings. The summed E-state index contributed by atoms with van der Waals surface area (Å²) in [6.07, 6.45) is 64.4. The minimum Gasteiger partial charge on any atom is -0.462 e. The van der Waals surface area contributed by atoms with E-state index in [9.17, 15) is 14.7 Å². The van der Waals surface area contributed by atoms with Crippen LogP contribution in [0.4, 0.5) is 0 Å². The molecule has 0 aromatic carbocycles. The second kappa shape index (κ2) is 47.7. The number of carbonyl (C=O) groups excluding carboxylic acids is 2. The van der Waals surface area contributed by atoms with Gasteiger partial charge in [0.15, 0.2) is 6.10 Å². The summed E-state index contributed by atoms with van der Waals surface area (Å²) in [5, 5.41) is 9.55. The zero-order valence-corrected chi connectivity index (χ0v) is 37.3. The summed E-state index contributed by atoms with van der Waals surface area (Å²) in [5.41, 5.74) is 0. The molecule has 5 heteroatoms. The van der Waals surface area contributed by atoms with Gasteiger partial charge in [-0.25, -0.2) is 0 Å². The van der Waals surface area contributed by atoms with Crippen molar-refractivity contribution in [3.8, 4) is 0 Å². The highest BCUT2D eigenvalue weighted by Crippen LogP contribution is 2.15. The van der Waals surface area contributed by atoms with E-state index in [0.717, 1.165) is 77.0 Å². The van der Waals surface area contributed by atoms with Crippen LogP contribution in [-0.2, 0) is 19.1 Å². The number of hydrogen-bond donors (Lipinski definition) is 1. The van der Waals surface area contributed by atoms with E-state index in [1.54, 1.807) is 0 Å². The van der Waals surface area contributed by atoms with Gasteiger partial charge in [0, 0.05) is 12.8 Å². The van der Waals surface area contributed by atoms with Gasteiger partial charge in [-0.15, -0.1) is 0 Å². The average Bonchev–Trinajstić information content (AvgIpc) is 3.21. The first kappa shape index (κ1) is 54.3. The third-order valence-corrected chi connectivity index (χ3v) is 10.3. The second-order valence-corrected chi connectivity index (χ2v) is 15.8. The van der Waals surface area contributed by atoms with Crippen LogP contribution in [0, 0.1) is 0 Å². The Morgan fingerprint density at radius 3 is 1.14 bits per heavy atom. The molecule has 0 bridgehead atoms. The normalized spacial score (nSPS) is 12.8. The highest BCUT2D eigenvalue weighted by molar-refractivity contribution is 5.70. The van der Waals surface area contributed by atoms with Gasteiger partial charge in [-0.3, -0.25) is 9.59 Å². The van der Waals surface area contributed by atoms with Crippen molar-refractivity contribution >= 4 is 11.9 Å². The van der Waals surface area contributed by atoms with E-state index in [1.165, 1.54) is 122 Å². The number of ether oxygens (including phenoxy) is 2. The molecule has 0 spiro atoms. The van der Waals surface area contributed by atoms with Crippen LogP contribution >= 0.6 is 0 Å². The Morgan fingerprint density at radius 1 is 0.421 bits per heavy atom. The third kappa shape index (κ3) is 45.9. The van der Waals surface area contributed by atoms with Crippen molar-refractivity contribution in [2.75, 3.05) is 13.2 Å². The molecular formula is C52H90O5. The van der Waals surface area contributed by atoms with E-state index in [0.29, 0.717) is 12.8 Å². The van der Waals surface area contributed by atoms with Gasteiger partial charge in [0.2, 0.25) is 0 Å². The fourth-order valence-electron chi connectivity index (χ4n) is 6.68. The summed E-state index contributed by atoms with van der Waals surface area (Å²) in [6, 6.07) is 0. The first-order chi connectivity index (χ1) is 28.1. The van der Waals surface area contributed by atoms with E-state index in [-0.39, 0.29) is 25.2 Å². The van der Waals surface area contributed by atoms with E-state index in [2.05, 4.69) is 86.8 Å². The van der Waals surface area contributed by atoms with Gasteiger partial charge < -0.3 is 14.6 Å². The number of aliphatic hydroxyl groups excluding tert-OH is 1. The predicted octanol–water partition coefficient (Wildman–Crippen LogP) is 15.7. The summed E-state index contributed by atoms with van der Waals surface area (Å²) in [6.45, 7) is 3.99. The van der Waals surface area contributed by atoms with E-state index in [1.807, 2.05) is 0 Å². The molecule has 0 aliphatic heterocycles. The number of carbonyl (C=O) groups is 2. The summed E-state index contributed by atoms with van der Waals surface area (Å²) in [4.78, 5) is 24.2. The molecule has 0 aromatic heterocycles. The largest absolute Gasteiger partial charge is 0.462 e. The standard InChI is InChI=1S/C52H90O5/c1-3-5-7-9-11-13-14-15-16-17-18-19-20-21-22-23-24-25-26-27-28-29-30-31-32-33-34-35-36-37-38-39-41-43-45-47-52(55)57-50(48-53)49-56-51(54)46-44-42-40-12-10-8-6-4-2/h5,7,11,13,15-16,18-19,21-22,24-25,50,53H,3-4,6,8-10,12,14,17,20,23,26-49H2,1-2H3/b7-5-,13-11-,16-15-,19-18-,22-21-,25-24-. The van der Waals surface area contributed by atoms with Crippen LogP contribution in [0.3, 0.4) is 0 Å². The number of hydrogen-bond acceptors (Lipinski definition) is 5. The van der Waals surface area contributed by atoms with Crippen molar-refractivity contribution < 1.29 is 24.2 Å². The highest BCUT2D eigenvalue weighted by Gasteiger charge is 2.16. The minimum atomic E-state index is -0.768. The second-order valence-electron chi connectivity index (χ2n) is 15.8. The number of allylic oxidation sites excluding steroid dienone is 12. The molecule has 1 N–H and O–H groups in total. The minimum absolute atomic E-state index is 0.0646. The molecule has 0 aromatic rings. The molecule has 0 fully saturated rings. The molecule has 0 amide bonds. The molecule has 1 atom stereocenters. The maximum Gasteiger partial charge on any atom is 0.306 e. The van der Waals surface area contributed by atoms with Crippen molar-refractivity contribution in [2.24, 2.45) is 0 Å². The maximum absolute atomic E-state index is 12.2. The van der Waals surface area contributed by atoms with Gasteiger partial charge >= 0.3 is 11.9 Å². The summed E-state index contributed by atoms with van der Waals surface area (Å²) < 4.78 is 10.6. The number of unbranched alkanes of at least 4 members (excludes halogenated alkanes) is 23. The Hall–Kier alpha value is -2.66. The maximum atomic E-state index is 12.2. The molecule has 0 saturated carbocycles. The Labute approximate surface area is 353 Å². The summed E-state index contributed by atoms with van der Waals surface area (Å²) >= 11 is 0. The SMILES string of the molecule is CC/C=C\C/C=C\C/C=C\C/C=C\C/C=C\C/C=C\CCCCCCCCCCCCCCCCCCC(=O)OC(CO)COC(=O)CCCCCCCCCC. The Morgan fingerprint density at radius 2 is 0.754 bits per heavy atom. The number of rotatable bonds is 43. The van der Waals surface area contributed by atoms with Gasteiger partial charge in [-0.1, -0.05) is 222 Å². The molecule has 0 heterocycles. The van der Waals surface area contributed by atoms with Crippen LogP contribution in [-0.4, -0.2) is 36.4 Å². The molecule has 0 saturated heterocycles. The Bertz CT molecular complexity index is 1040. The van der Waals surface area contributed by atoms with E-state index >= 15 is 0 Å². The van der Waals surface area contributed by atoms with Gasteiger partial charge in [-0.05, 0) is 64.2 Å².